The van der Waals surface area contributed by atoms with Crippen LogP contribution < -0.4 is 5.32 Å². The van der Waals surface area contributed by atoms with Gasteiger partial charge in [0.1, 0.15) is 6.17 Å². The van der Waals surface area contributed by atoms with Crippen molar-refractivity contribution in [2.45, 2.75) is 26.4 Å². The lowest BCUT2D eigenvalue weighted by Gasteiger charge is -2.01. The molecule has 3 heteroatoms. The minimum Gasteiger partial charge on any atom is -0.294 e. The van der Waals surface area contributed by atoms with E-state index in [4.69, 9.17) is 0 Å². The molecule has 0 aliphatic carbocycles. The van der Waals surface area contributed by atoms with Crippen LogP contribution in [0.1, 0.15) is 20.3 Å². The quantitative estimate of drug-likeness (QED) is 0.478. The second-order valence-corrected chi connectivity index (χ2v) is 2.24. The smallest absolute Gasteiger partial charge is 0.139 e. The standard InChI is InChI=1S/C8H17N3/c1-4-6-8(9-3)11-10-7-5-2/h4,6,8-9H,5,7H2,1-3H3/b6-4+,11-10?. The average Bonchev–Trinajstić information content (AvgIpc) is 2.03. The summed E-state index contributed by atoms with van der Waals surface area (Å²) in [4.78, 5) is 0. The molecule has 3 nitrogen and oxygen atoms in total. The Hall–Kier alpha value is -0.700. The Labute approximate surface area is 68.6 Å². The largest absolute Gasteiger partial charge is 0.294 e. The molecule has 0 heterocycles. The zero-order chi connectivity index (χ0) is 8.53. The summed E-state index contributed by atoms with van der Waals surface area (Å²) in [6.45, 7) is 4.87. The number of hydrogen-bond acceptors (Lipinski definition) is 3. The van der Waals surface area contributed by atoms with E-state index < -0.39 is 0 Å². The zero-order valence-corrected chi connectivity index (χ0v) is 7.54. The molecule has 0 saturated heterocycles. The van der Waals surface area contributed by atoms with Crippen LogP contribution >= 0.6 is 0 Å². The van der Waals surface area contributed by atoms with E-state index in [2.05, 4.69) is 22.5 Å². The van der Waals surface area contributed by atoms with E-state index >= 15 is 0 Å². The van der Waals surface area contributed by atoms with Gasteiger partial charge in [0.2, 0.25) is 0 Å². The van der Waals surface area contributed by atoms with Crippen LogP contribution in [0.5, 0.6) is 0 Å². The van der Waals surface area contributed by atoms with Crippen LogP contribution in [-0.2, 0) is 0 Å². The van der Waals surface area contributed by atoms with Crippen molar-refractivity contribution in [3.63, 3.8) is 0 Å². The minimum atomic E-state index is 0.0477. The third-order valence-electron chi connectivity index (χ3n) is 1.20. The van der Waals surface area contributed by atoms with Gasteiger partial charge < -0.3 is 0 Å². The first-order valence-corrected chi connectivity index (χ1v) is 4.01. The molecule has 0 saturated carbocycles. The molecular weight excluding hydrogens is 138 g/mol. The highest BCUT2D eigenvalue weighted by Gasteiger charge is 1.93. The average molecular weight is 155 g/mol. The van der Waals surface area contributed by atoms with Gasteiger partial charge in [0, 0.05) is 0 Å². The molecule has 0 aliphatic rings. The maximum Gasteiger partial charge on any atom is 0.139 e. The molecule has 1 unspecified atom stereocenters. The van der Waals surface area contributed by atoms with E-state index in [1.165, 1.54) is 0 Å². The summed E-state index contributed by atoms with van der Waals surface area (Å²) in [7, 11) is 1.87. The third-order valence-corrected chi connectivity index (χ3v) is 1.20. The summed E-state index contributed by atoms with van der Waals surface area (Å²) in [5.41, 5.74) is 0. The first-order valence-electron chi connectivity index (χ1n) is 4.01. The predicted octanol–water partition coefficient (Wildman–Crippen LogP) is 1.97. The predicted molar refractivity (Wildman–Crippen MR) is 47.7 cm³/mol. The Balaban J connectivity index is 3.67. The fourth-order valence-corrected chi connectivity index (χ4v) is 0.620. The monoisotopic (exact) mass is 155 g/mol. The van der Waals surface area contributed by atoms with Crippen molar-refractivity contribution < 1.29 is 0 Å². The van der Waals surface area contributed by atoms with Crippen molar-refractivity contribution in [3.05, 3.63) is 12.2 Å². The van der Waals surface area contributed by atoms with Gasteiger partial charge in [-0.2, -0.15) is 10.2 Å². The number of nitrogens with zero attached hydrogens (tertiary/aromatic N) is 2. The molecule has 11 heavy (non-hydrogen) atoms. The van der Waals surface area contributed by atoms with E-state index in [9.17, 15) is 0 Å². The molecule has 0 rings (SSSR count). The van der Waals surface area contributed by atoms with Gasteiger partial charge in [-0.05, 0) is 26.5 Å². The molecule has 1 N–H and O–H groups in total. The van der Waals surface area contributed by atoms with Gasteiger partial charge in [-0.1, -0.05) is 13.0 Å². The van der Waals surface area contributed by atoms with Gasteiger partial charge in [0.15, 0.2) is 0 Å². The first kappa shape index (κ1) is 10.3. The van der Waals surface area contributed by atoms with Crippen molar-refractivity contribution in [2.75, 3.05) is 13.6 Å². The van der Waals surface area contributed by atoms with Crippen LogP contribution in [0, 0.1) is 0 Å². The number of nitrogens with one attached hydrogen (secondary N) is 1. The summed E-state index contributed by atoms with van der Waals surface area (Å²) in [6, 6.07) is 0. The summed E-state index contributed by atoms with van der Waals surface area (Å²) in [6.07, 6.45) is 5.03. The molecule has 0 amide bonds. The Bertz CT molecular complexity index is 129. The van der Waals surface area contributed by atoms with Gasteiger partial charge in [-0.3, -0.25) is 5.32 Å². The van der Waals surface area contributed by atoms with Crippen molar-refractivity contribution in [1.82, 2.24) is 5.32 Å². The van der Waals surface area contributed by atoms with Crippen LogP contribution in [0.2, 0.25) is 0 Å². The van der Waals surface area contributed by atoms with E-state index in [1.807, 2.05) is 26.1 Å². The van der Waals surface area contributed by atoms with Crippen LogP contribution in [0.25, 0.3) is 0 Å². The highest BCUT2D eigenvalue weighted by atomic mass is 15.2. The minimum absolute atomic E-state index is 0.0477. The molecule has 0 radical (unpaired) electrons. The molecule has 0 spiro atoms. The fourth-order valence-electron chi connectivity index (χ4n) is 0.620. The topological polar surface area (TPSA) is 36.8 Å². The third kappa shape index (κ3) is 5.73. The molecule has 0 bridgehead atoms. The summed E-state index contributed by atoms with van der Waals surface area (Å²) in [5, 5.41) is 11.1. The van der Waals surface area contributed by atoms with Gasteiger partial charge in [0.05, 0.1) is 6.54 Å². The number of azo groups is 1. The fraction of sp³-hybridized carbons (Fsp3) is 0.750. The van der Waals surface area contributed by atoms with Gasteiger partial charge in [0.25, 0.3) is 0 Å². The molecule has 64 valence electrons. The molecule has 0 fully saturated rings. The Kier molecular flexibility index (Phi) is 6.94. The molecule has 0 aliphatic heterocycles. The summed E-state index contributed by atoms with van der Waals surface area (Å²) in [5.74, 6) is 0. The van der Waals surface area contributed by atoms with Crippen molar-refractivity contribution >= 4 is 0 Å². The number of hydrogen-bond donors (Lipinski definition) is 1. The number of likely N-dealkylation sites (N-methyl/N-ethyl adjacent to an activating group) is 1. The number of rotatable bonds is 5. The molecule has 0 aromatic rings. The van der Waals surface area contributed by atoms with Gasteiger partial charge in [-0.15, -0.1) is 0 Å². The first-order chi connectivity index (χ1) is 5.35. The second kappa shape index (κ2) is 7.41. The van der Waals surface area contributed by atoms with E-state index in [1.54, 1.807) is 0 Å². The van der Waals surface area contributed by atoms with Gasteiger partial charge >= 0.3 is 0 Å². The van der Waals surface area contributed by atoms with E-state index in [0.717, 1.165) is 13.0 Å². The SMILES string of the molecule is C/C=C/C(N=NCCC)NC. The number of allylic oxidation sites excluding steroid dienone is 1. The highest BCUT2D eigenvalue weighted by Crippen LogP contribution is 1.90. The van der Waals surface area contributed by atoms with E-state index in [0.29, 0.717) is 0 Å². The van der Waals surface area contributed by atoms with Gasteiger partial charge in [-0.25, -0.2) is 0 Å². The lowest BCUT2D eigenvalue weighted by atomic mass is 10.4. The van der Waals surface area contributed by atoms with Crippen LogP contribution in [-0.4, -0.2) is 19.8 Å². The maximum absolute atomic E-state index is 4.05. The van der Waals surface area contributed by atoms with Crippen molar-refractivity contribution in [1.29, 1.82) is 0 Å². The summed E-state index contributed by atoms with van der Waals surface area (Å²) < 4.78 is 0. The second-order valence-electron chi connectivity index (χ2n) is 2.24. The van der Waals surface area contributed by atoms with Crippen molar-refractivity contribution in [3.8, 4) is 0 Å². The maximum atomic E-state index is 4.05. The van der Waals surface area contributed by atoms with Crippen LogP contribution in [0.4, 0.5) is 0 Å². The molecule has 0 aromatic heterocycles. The van der Waals surface area contributed by atoms with Crippen LogP contribution in [0.15, 0.2) is 22.4 Å². The molecule has 1 atom stereocenters. The lowest BCUT2D eigenvalue weighted by molar-refractivity contribution is 0.644. The normalized spacial score (nSPS) is 14.8. The molecule has 0 aromatic carbocycles. The van der Waals surface area contributed by atoms with Crippen LogP contribution in [0.3, 0.4) is 0 Å². The van der Waals surface area contributed by atoms with Crippen molar-refractivity contribution in [2.24, 2.45) is 10.2 Å². The lowest BCUT2D eigenvalue weighted by Crippen LogP contribution is -2.19. The Morgan fingerprint density at radius 3 is 2.73 bits per heavy atom. The van der Waals surface area contributed by atoms with E-state index in [-0.39, 0.29) is 6.17 Å². The zero-order valence-electron chi connectivity index (χ0n) is 7.54. The Morgan fingerprint density at radius 1 is 1.55 bits per heavy atom. The highest BCUT2D eigenvalue weighted by molar-refractivity contribution is 4.87. The summed E-state index contributed by atoms with van der Waals surface area (Å²) >= 11 is 0. The Morgan fingerprint density at radius 2 is 2.27 bits per heavy atom. The molecular formula is C8H17N3.